The van der Waals surface area contributed by atoms with Crippen molar-refractivity contribution < 1.29 is 37.9 Å². The molecule has 0 bridgehead atoms. The molecule has 3 aliphatic rings. The summed E-state index contributed by atoms with van der Waals surface area (Å²) >= 11 is 3.42. The van der Waals surface area contributed by atoms with E-state index in [-0.39, 0.29) is 23.7 Å². The summed E-state index contributed by atoms with van der Waals surface area (Å²) in [5.41, 5.74) is 5.62. The molecule has 1 N–H and O–H groups in total. The summed E-state index contributed by atoms with van der Waals surface area (Å²) < 4.78 is 29.8. The van der Waals surface area contributed by atoms with Crippen LogP contribution >= 0.6 is 15.9 Å². The highest BCUT2D eigenvalue weighted by Gasteiger charge is 2.52. The van der Waals surface area contributed by atoms with E-state index < -0.39 is 30.0 Å². The zero-order chi connectivity index (χ0) is 49.5. The molecular formula is C53H62BBrN6O8. The van der Waals surface area contributed by atoms with Crippen molar-refractivity contribution in [3.63, 3.8) is 0 Å². The Balaban J connectivity index is 0.000000154. The van der Waals surface area contributed by atoms with Gasteiger partial charge in [-0.25, -0.2) is 4.79 Å². The van der Waals surface area contributed by atoms with E-state index in [9.17, 15) is 14.4 Å². The van der Waals surface area contributed by atoms with Gasteiger partial charge in [0.2, 0.25) is 11.8 Å². The molecule has 2 atom stereocenters. The summed E-state index contributed by atoms with van der Waals surface area (Å²) in [7, 11) is 2.79. The maximum atomic E-state index is 12.9. The first-order valence-electron chi connectivity index (χ1n) is 23.2. The van der Waals surface area contributed by atoms with Crippen LogP contribution in [0.4, 0.5) is 16.2 Å². The Morgan fingerprint density at radius 1 is 0.754 bits per heavy atom. The SMILES string of the molecule is CC(C)(C)OC(=O)n1cc(B2OC(C)(C)C(C)(C)O2)cn1.COc1cccc(C[C@@H]2CCN(c3ccc(-c4cn[nH]c4)cc3)C2=O)c1.COc1cccc(C[C@@H]2CCN(c3ccc(Br)cc3)C2=O)c1. The van der Waals surface area contributed by atoms with Gasteiger partial charge in [-0.05, 0) is 152 Å². The van der Waals surface area contributed by atoms with Crippen LogP contribution in [-0.2, 0) is 36.5 Å². The van der Waals surface area contributed by atoms with Gasteiger partial charge in [0.15, 0.2) is 0 Å². The lowest BCUT2D eigenvalue weighted by Crippen LogP contribution is -2.41. The van der Waals surface area contributed by atoms with Crippen molar-refractivity contribution in [2.45, 2.75) is 91.0 Å². The van der Waals surface area contributed by atoms with Crippen LogP contribution in [0.2, 0.25) is 0 Å². The highest BCUT2D eigenvalue weighted by Crippen LogP contribution is 2.37. The molecule has 69 heavy (non-hydrogen) atoms. The minimum absolute atomic E-state index is 0.0238. The lowest BCUT2D eigenvalue weighted by atomic mass is 9.82. The van der Waals surface area contributed by atoms with E-state index in [4.69, 9.17) is 23.5 Å². The van der Waals surface area contributed by atoms with Crippen molar-refractivity contribution >= 4 is 57.8 Å². The Labute approximate surface area is 413 Å². The second-order valence-corrected chi connectivity index (χ2v) is 20.3. The quantitative estimate of drug-likeness (QED) is 0.132. The molecular weight excluding hydrogens is 939 g/mol. The summed E-state index contributed by atoms with van der Waals surface area (Å²) in [6.45, 7) is 14.9. The first-order valence-corrected chi connectivity index (χ1v) is 24.0. The molecule has 0 unspecified atom stereocenters. The van der Waals surface area contributed by atoms with Crippen molar-refractivity contribution in [1.82, 2.24) is 20.0 Å². The van der Waals surface area contributed by atoms with Crippen LogP contribution in [0.1, 0.15) is 72.4 Å². The number of rotatable bonds is 10. The predicted octanol–water partition coefficient (Wildman–Crippen LogP) is 9.70. The number of nitrogens with zero attached hydrogens (tertiary/aromatic N) is 5. The van der Waals surface area contributed by atoms with Crippen molar-refractivity contribution in [3.05, 3.63) is 137 Å². The largest absolute Gasteiger partial charge is 0.498 e. The number of anilines is 2. The van der Waals surface area contributed by atoms with Gasteiger partial charge in [0, 0.05) is 70.4 Å². The molecule has 3 saturated heterocycles. The van der Waals surface area contributed by atoms with Gasteiger partial charge in [0.1, 0.15) is 17.1 Å². The van der Waals surface area contributed by atoms with Gasteiger partial charge >= 0.3 is 13.2 Å². The number of ether oxygens (including phenoxy) is 3. The van der Waals surface area contributed by atoms with Crippen molar-refractivity contribution in [2.24, 2.45) is 11.8 Å². The maximum absolute atomic E-state index is 12.9. The van der Waals surface area contributed by atoms with Gasteiger partial charge < -0.3 is 33.3 Å². The summed E-state index contributed by atoms with van der Waals surface area (Å²) in [6.07, 6.45) is 9.56. The Morgan fingerprint density at radius 2 is 1.26 bits per heavy atom. The molecule has 0 radical (unpaired) electrons. The molecule has 5 heterocycles. The molecule has 0 saturated carbocycles. The van der Waals surface area contributed by atoms with Crippen LogP contribution < -0.4 is 24.7 Å². The van der Waals surface area contributed by atoms with E-state index in [1.54, 1.807) is 32.8 Å². The van der Waals surface area contributed by atoms with Crippen molar-refractivity contribution in [2.75, 3.05) is 37.1 Å². The predicted molar refractivity (Wildman–Crippen MR) is 272 cm³/mol. The number of nitrogens with one attached hydrogen (secondary N) is 1. The number of H-pyrrole nitrogens is 1. The van der Waals surface area contributed by atoms with Gasteiger partial charge in [-0.15, -0.1) is 0 Å². The number of methoxy groups -OCH3 is 2. The van der Waals surface area contributed by atoms with E-state index in [1.165, 1.54) is 0 Å². The normalized spacial score (nSPS) is 18.3. The van der Waals surface area contributed by atoms with E-state index in [0.717, 1.165) is 93.1 Å². The summed E-state index contributed by atoms with van der Waals surface area (Å²) in [4.78, 5) is 41.2. The maximum Gasteiger partial charge on any atom is 0.498 e. The number of hydrogen-bond acceptors (Lipinski definition) is 10. The second-order valence-electron chi connectivity index (χ2n) is 19.4. The average molecular weight is 1000 g/mol. The molecule has 16 heteroatoms. The highest BCUT2D eigenvalue weighted by atomic mass is 79.9. The van der Waals surface area contributed by atoms with Crippen molar-refractivity contribution in [1.29, 1.82) is 0 Å². The third-order valence-electron chi connectivity index (χ3n) is 12.7. The van der Waals surface area contributed by atoms with Gasteiger partial charge in [-0.1, -0.05) is 52.3 Å². The number of halogens is 1. The zero-order valence-electron chi connectivity index (χ0n) is 40.9. The Kier molecular flexibility index (Phi) is 15.9. The zero-order valence-corrected chi connectivity index (χ0v) is 42.5. The summed E-state index contributed by atoms with van der Waals surface area (Å²) in [6, 6.07) is 31.9. The van der Waals surface area contributed by atoms with Crippen LogP contribution in [-0.4, -0.2) is 89.1 Å². The molecule has 0 spiro atoms. The first kappa shape index (κ1) is 50.6. The fourth-order valence-corrected chi connectivity index (χ4v) is 8.51. The lowest BCUT2D eigenvalue weighted by molar-refractivity contribution is -0.121. The number of benzene rings is 4. The lowest BCUT2D eigenvalue weighted by Gasteiger charge is -2.32. The van der Waals surface area contributed by atoms with Crippen LogP contribution in [0.25, 0.3) is 11.1 Å². The molecule has 4 aromatic carbocycles. The Bertz CT molecular complexity index is 2670. The molecule has 9 rings (SSSR count). The van der Waals surface area contributed by atoms with Crippen molar-refractivity contribution in [3.8, 4) is 22.6 Å². The molecule has 0 aliphatic carbocycles. The van der Waals surface area contributed by atoms with E-state index in [0.29, 0.717) is 5.46 Å². The number of aromatic nitrogens is 4. The average Bonchev–Trinajstić information content (AvgIpc) is 4.18. The van der Waals surface area contributed by atoms with Gasteiger partial charge in [0.25, 0.3) is 0 Å². The number of amides is 2. The van der Waals surface area contributed by atoms with E-state index in [1.807, 2.05) is 149 Å². The highest BCUT2D eigenvalue weighted by molar-refractivity contribution is 9.10. The molecule has 6 aromatic rings. The third-order valence-corrected chi connectivity index (χ3v) is 13.3. The summed E-state index contributed by atoms with van der Waals surface area (Å²) in [5, 5.41) is 10.8. The van der Waals surface area contributed by atoms with Gasteiger partial charge in [0.05, 0.1) is 31.6 Å². The first-order chi connectivity index (χ1) is 32.8. The summed E-state index contributed by atoms with van der Waals surface area (Å²) in [5.74, 6) is 2.16. The molecule has 3 fully saturated rings. The van der Waals surface area contributed by atoms with Gasteiger partial charge in [-0.3, -0.25) is 14.7 Å². The fraction of sp³-hybridized carbons (Fsp3) is 0.377. The fourth-order valence-electron chi connectivity index (χ4n) is 8.25. The van der Waals surface area contributed by atoms with E-state index in [2.05, 4.69) is 43.4 Å². The number of carbonyl (C=O) groups is 3. The Hall–Kier alpha value is -6.23. The van der Waals surface area contributed by atoms with Crippen LogP contribution in [0.15, 0.2) is 126 Å². The number of hydrogen-bond donors (Lipinski definition) is 1. The standard InChI is InChI=1S/C21H21N3O2.C18H18BrNO2.C14H23BN2O4/c1-26-20-4-2-3-15(12-20)11-17-9-10-24(21(17)25)19-7-5-16(6-8-19)18-13-22-23-14-18;1-22-17-4-2-3-13(12-17)11-14-9-10-20(18(14)21)16-7-5-15(19)6-8-16;1-12(2,3)19-11(18)17-9-10(8-16-17)15-20-13(4,5)14(6,7)21-15/h2-8,12-14,17H,9-11H2,1H3,(H,22,23);2-8,12,14H,9-11H2,1H3;8-9H,1-7H3/t17-;14-;/m00./s1. The van der Waals surface area contributed by atoms with Crippen LogP contribution in [0.3, 0.4) is 0 Å². The molecule has 3 aliphatic heterocycles. The topological polar surface area (TPSA) is 150 Å². The molecule has 362 valence electrons. The minimum Gasteiger partial charge on any atom is -0.497 e. The van der Waals surface area contributed by atoms with Gasteiger partial charge in [-0.2, -0.15) is 14.9 Å². The smallest absolute Gasteiger partial charge is 0.497 e. The number of carbonyl (C=O) groups excluding carboxylic acids is 3. The molecule has 2 amide bonds. The second kappa shape index (κ2) is 21.6. The monoisotopic (exact) mass is 1000 g/mol. The Morgan fingerprint density at radius 3 is 1.72 bits per heavy atom. The number of aromatic amines is 1. The minimum atomic E-state index is -0.562. The molecule has 14 nitrogen and oxygen atoms in total. The molecule has 2 aromatic heterocycles. The van der Waals surface area contributed by atoms with Crippen LogP contribution in [0, 0.1) is 11.8 Å². The van der Waals surface area contributed by atoms with Crippen LogP contribution in [0.5, 0.6) is 11.5 Å². The van der Waals surface area contributed by atoms with E-state index >= 15 is 0 Å². The third kappa shape index (κ3) is 12.7.